The van der Waals surface area contributed by atoms with E-state index in [1.165, 1.54) is 18.2 Å². The Hall–Kier alpha value is -1.82. The minimum atomic E-state index is -4.77. The Labute approximate surface area is 122 Å². The van der Waals surface area contributed by atoms with Crippen LogP contribution in [0.3, 0.4) is 0 Å². The van der Waals surface area contributed by atoms with Crippen molar-refractivity contribution in [3.8, 4) is 0 Å². The number of rotatable bonds is 3. The molecule has 0 saturated carbocycles. The molecule has 0 aliphatic rings. The van der Waals surface area contributed by atoms with Gasteiger partial charge < -0.3 is 5.32 Å². The maximum atomic E-state index is 13.1. The van der Waals surface area contributed by atoms with Gasteiger partial charge in [0.1, 0.15) is 11.6 Å². The highest BCUT2D eigenvalue weighted by atomic mass is 35.5. The lowest BCUT2D eigenvalue weighted by Gasteiger charge is -2.12. The molecule has 2 aromatic rings. The fraction of sp³-hybridized carbons (Fsp3) is 0.143. The Morgan fingerprint density at radius 2 is 1.71 bits per heavy atom. The Balaban J connectivity index is 2.17. The number of hydrogen-bond acceptors (Lipinski definition) is 1. The molecular formula is C14H9ClF5N. The van der Waals surface area contributed by atoms with Crippen LogP contribution in [0.25, 0.3) is 0 Å². The summed E-state index contributed by atoms with van der Waals surface area (Å²) in [5.74, 6) is -1.89. The third-order valence-electron chi connectivity index (χ3n) is 2.69. The molecule has 7 heteroatoms. The number of anilines is 1. The van der Waals surface area contributed by atoms with Crippen LogP contribution >= 0.6 is 11.6 Å². The predicted octanol–water partition coefficient (Wildman–Crippen LogP) is 5.25. The summed E-state index contributed by atoms with van der Waals surface area (Å²) in [5, 5.41) is 2.85. The van der Waals surface area contributed by atoms with Crippen LogP contribution in [0, 0.1) is 11.6 Å². The molecule has 112 valence electrons. The number of halogens is 6. The van der Waals surface area contributed by atoms with Gasteiger partial charge >= 0.3 is 6.18 Å². The first-order valence-corrected chi connectivity index (χ1v) is 6.19. The lowest BCUT2D eigenvalue weighted by molar-refractivity contribution is -0.139. The molecule has 0 radical (unpaired) electrons. The molecule has 21 heavy (non-hydrogen) atoms. The minimum Gasteiger partial charge on any atom is -0.381 e. The van der Waals surface area contributed by atoms with E-state index in [9.17, 15) is 22.0 Å². The quantitative estimate of drug-likeness (QED) is 0.761. The van der Waals surface area contributed by atoms with Gasteiger partial charge in [0, 0.05) is 17.3 Å². The fourth-order valence-electron chi connectivity index (χ4n) is 1.77. The van der Waals surface area contributed by atoms with Crippen molar-refractivity contribution < 1.29 is 22.0 Å². The molecule has 1 N–H and O–H groups in total. The SMILES string of the molecule is Fc1cc(Cl)cc(CNc2ccc(F)c(C(F)(F)F)c2)c1. The van der Waals surface area contributed by atoms with Crippen LogP contribution in [-0.2, 0) is 12.7 Å². The van der Waals surface area contributed by atoms with E-state index < -0.39 is 23.4 Å². The van der Waals surface area contributed by atoms with E-state index in [0.29, 0.717) is 11.6 Å². The Kier molecular flexibility index (Phi) is 4.37. The summed E-state index contributed by atoms with van der Waals surface area (Å²) in [6.07, 6.45) is -4.77. The summed E-state index contributed by atoms with van der Waals surface area (Å²) in [5.41, 5.74) is -0.827. The normalized spacial score (nSPS) is 11.5. The zero-order chi connectivity index (χ0) is 15.6. The van der Waals surface area contributed by atoms with Crippen LogP contribution in [0.4, 0.5) is 27.6 Å². The van der Waals surface area contributed by atoms with Crippen molar-refractivity contribution in [2.24, 2.45) is 0 Å². The van der Waals surface area contributed by atoms with E-state index in [1.54, 1.807) is 0 Å². The van der Waals surface area contributed by atoms with E-state index in [4.69, 9.17) is 11.6 Å². The monoisotopic (exact) mass is 321 g/mol. The molecule has 0 fully saturated rings. The van der Waals surface area contributed by atoms with Gasteiger partial charge in [0.2, 0.25) is 0 Å². The number of alkyl halides is 3. The van der Waals surface area contributed by atoms with Crippen molar-refractivity contribution in [2.75, 3.05) is 5.32 Å². The van der Waals surface area contributed by atoms with Crippen molar-refractivity contribution in [2.45, 2.75) is 12.7 Å². The summed E-state index contributed by atoms with van der Waals surface area (Å²) in [6.45, 7) is 0.0560. The topological polar surface area (TPSA) is 12.0 Å². The molecule has 2 rings (SSSR count). The van der Waals surface area contributed by atoms with Crippen LogP contribution in [-0.4, -0.2) is 0 Å². The summed E-state index contributed by atoms with van der Waals surface area (Å²) < 4.78 is 63.9. The van der Waals surface area contributed by atoms with Crippen molar-refractivity contribution in [3.05, 3.63) is 64.2 Å². The minimum absolute atomic E-state index is 0.0560. The average molecular weight is 322 g/mol. The summed E-state index contributed by atoms with van der Waals surface area (Å²) in [4.78, 5) is 0. The molecular weight excluding hydrogens is 313 g/mol. The third kappa shape index (κ3) is 4.07. The summed E-state index contributed by atoms with van der Waals surface area (Å²) >= 11 is 5.67. The Morgan fingerprint density at radius 1 is 1.00 bits per heavy atom. The van der Waals surface area contributed by atoms with Gasteiger partial charge in [-0.05, 0) is 42.0 Å². The van der Waals surface area contributed by atoms with Gasteiger partial charge in [-0.3, -0.25) is 0 Å². The average Bonchev–Trinajstić information content (AvgIpc) is 2.35. The first-order valence-electron chi connectivity index (χ1n) is 5.81. The highest BCUT2D eigenvalue weighted by molar-refractivity contribution is 6.30. The zero-order valence-electron chi connectivity index (χ0n) is 10.4. The Morgan fingerprint density at radius 3 is 2.33 bits per heavy atom. The lowest BCUT2D eigenvalue weighted by Crippen LogP contribution is -2.09. The van der Waals surface area contributed by atoms with E-state index >= 15 is 0 Å². The van der Waals surface area contributed by atoms with Crippen LogP contribution < -0.4 is 5.32 Å². The van der Waals surface area contributed by atoms with Gasteiger partial charge in [-0.2, -0.15) is 13.2 Å². The predicted molar refractivity (Wildman–Crippen MR) is 70.1 cm³/mol. The smallest absolute Gasteiger partial charge is 0.381 e. The molecule has 0 bridgehead atoms. The first-order chi connectivity index (χ1) is 9.75. The van der Waals surface area contributed by atoms with Crippen LogP contribution in [0.15, 0.2) is 36.4 Å². The Bertz CT molecular complexity index is 634. The highest BCUT2D eigenvalue weighted by Gasteiger charge is 2.34. The van der Waals surface area contributed by atoms with E-state index in [0.717, 1.165) is 12.1 Å². The first kappa shape index (κ1) is 15.6. The van der Waals surface area contributed by atoms with E-state index in [-0.39, 0.29) is 17.3 Å². The van der Waals surface area contributed by atoms with Gasteiger partial charge in [0.05, 0.1) is 5.56 Å². The third-order valence-corrected chi connectivity index (χ3v) is 2.91. The van der Waals surface area contributed by atoms with Gasteiger partial charge in [-0.25, -0.2) is 8.78 Å². The van der Waals surface area contributed by atoms with Gasteiger partial charge in [-0.1, -0.05) is 11.6 Å². The molecule has 0 spiro atoms. The van der Waals surface area contributed by atoms with E-state index in [1.807, 2.05) is 0 Å². The molecule has 0 aliphatic heterocycles. The highest BCUT2D eigenvalue weighted by Crippen LogP contribution is 2.33. The summed E-state index contributed by atoms with van der Waals surface area (Å²) in [7, 11) is 0. The molecule has 2 aromatic carbocycles. The van der Waals surface area contributed by atoms with Gasteiger partial charge in [0.15, 0.2) is 0 Å². The lowest BCUT2D eigenvalue weighted by atomic mass is 10.1. The number of nitrogens with one attached hydrogen (secondary N) is 1. The van der Waals surface area contributed by atoms with Crippen LogP contribution in [0.2, 0.25) is 5.02 Å². The second kappa shape index (κ2) is 5.89. The molecule has 0 aliphatic carbocycles. The molecule has 0 unspecified atom stereocenters. The maximum absolute atomic E-state index is 13.1. The number of hydrogen-bond donors (Lipinski definition) is 1. The summed E-state index contributed by atoms with van der Waals surface area (Å²) in [6, 6.07) is 6.36. The molecule has 0 saturated heterocycles. The zero-order valence-corrected chi connectivity index (χ0v) is 11.2. The second-order valence-electron chi connectivity index (χ2n) is 4.32. The van der Waals surface area contributed by atoms with Crippen molar-refractivity contribution in [1.29, 1.82) is 0 Å². The molecule has 0 heterocycles. The van der Waals surface area contributed by atoms with Crippen molar-refractivity contribution >= 4 is 17.3 Å². The molecule has 0 atom stereocenters. The molecule has 1 nitrogen and oxygen atoms in total. The molecule has 0 amide bonds. The van der Waals surface area contributed by atoms with Gasteiger partial charge in [-0.15, -0.1) is 0 Å². The molecule has 0 aromatic heterocycles. The second-order valence-corrected chi connectivity index (χ2v) is 4.76. The van der Waals surface area contributed by atoms with Crippen molar-refractivity contribution in [3.63, 3.8) is 0 Å². The largest absolute Gasteiger partial charge is 0.419 e. The number of benzene rings is 2. The van der Waals surface area contributed by atoms with Gasteiger partial charge in [0.25, 0.3) is 0 Å². The fourth-order valence-corrected chi connectivity index (χ4v) is 2.01. The maximum Gasteiger partial charge on any atom is 0.419 e. The van der Waals surface area contributed by atoms with Crippen LogP contribution in [0.5, 0.6) is 0 Å². The van der Waals surface area contributed by atoms with E-state index in [2.05, 4.69) is 5.32 Å². The van der Waals surface area contributed by atoms with Crippen LogP contribution in [0.1, 0.15) is 11.1 Å². The van der Waals surface area contributed by atoms with Crippen molar-refractivity contribution in [1.82, 2.24) is 0 Å². The standard InChI is InChI=1S/C14H9ClF5N/c15-9-3-8(4-10(16)5-9)7-21-11-1-2-13(17)12(6-11)14(18,19)20/h1-6,21H,7H2.